The van der Waals surface area contributed by atoms with E-state index in [4.69, 9.17) is 4.84 Å². The van der Waals surface area contributed by atoms with Gasteiger partial charge in [0, 0.05) is 0 Å². The molecular weight excluding hydrogens is 190 g/mol. The summed E-state index contributed by atoms with van der Waals surface area (Å²) >= 11 is 0. The van der Waals surface area contributed by atoms with Gasteiger partial charge in [0.1, 0.15) is 6.23 Å². The van der Waals surface area contributed by atoms with Crippen LogP contribution >= 0.6 is 0 Å². The fraction of sp³-hybridized carbons (Fsp3) is 1.00. The summed E-state index contributed by atoms with van der Waals surface area (Å²) in [5.74, 6) is 1.23. The van der Waals surface area contributed by atoms with Gasteiger partial charge in [0.05, 0.1) is 6.17 Å². The number of piperidine rings is 1. The molecule has 2 unspecified atom stereocenters. The van der Waals surface area contributed by atoms with E-state index in [1.165, 1.54) is 25.9 Å². The first-order chi connectivity index (χ1) is 7.16. The van der Waals surface area contributed by atoms with E-state index in [-0.39, 0.29) is 6.23 Å². The minimum absolute atomic E-state index is 0.176. The number of hydrogen-bond donors (Lipinski definition) is 2. The molecule has 2 aliphatic rings. The topological polar surface area (TPSA) is 36.5 Å². The van der Waals surface area contributed by atoms with Crippen molar-refractivity contribution in [1.82, 2.24) is 15.7 Å². The first-order valence-electron chi connectivity index (χ1n) is 6.02. The van der Waals surface area contributed by atoms with Crippen LogP contribution in [0.15, 0.2) is 0 Å². The van der Waals surface area contributed by atoms with Gasteiger partial charge in [-0.15, -0.1) is 0 Å². The van der Waals surface area contributed by atoms with Crippen molar-refractivity contribution in [3.05, 3.63) is 0 Å². The summed E-state index contributed by atoms with van der Waals surface area (Å²) < 4.78 is 0. The van der Waals surface area contributed by atoms with Gasteiger partial charge in [0.2, 0.25) is 0 Å². The molecule has 2 N–H and O–H groups in total. The van der Waals surface area contributed by atoms with Gasteiger partial charge in [0.15, 0.2) is 0 Å². The van der Waals surface area contributed by atoms with Gasteiger partial charge in [-0.2, -0.15) is 5.48 Å². The summed E-state index contributed by atoms with van der Waals surface area (Å²) in [6.07, 6.45) is 3.05. The maximum absolute atomic E-state index is 5.53. The molecule has 88 valence electrons. The molecule has 0 aromatic rings. The van der Waals surface area contributed by atoms with Crippen LogP contribution in [0.25, 0.3) is 0 Å². The molecule has 0 aromatic carbocycles. The predicted molar refractivity (Wildman–Crippen MR) is 60.0 cm³/mol. The molecule has 4 nitrogen and oxygen atoms in total. The van der Waals surface area contributed by atoms with E-state index < -0.39 is 0 Å². The maximum atomic E-state index is 5.53. The summed E-state index contributed by atoms with van der Waals surface area (Å²) in [6, 6.07) is 0. The number of hydroxylamine groups is 1. The SMILES string of the molecule is CC(C)C1NC(C2CCN(C)CC2)NO1. The van der Waals surface area contributed by atoms with E-state index in [0.29, 0.717) is 18.0 Å². The lowest BCUT2D eigenvalue weighted by molar-refractivity contribution is -0.00690. The first-order valence-corrected chi connectivity index (χ1v) is 6.02. The Morgan fingerprint density at radius 1 is 1.27 bits per heavy atom. The number of nitrogens with zero attached hydrogens (tertiary/aromatic N) is 1. The van der Waals surface area contributed by atoms with Crippen molar-refractivity contribution in [3.8, 4) is 0 Å². The van der Waals surface area contributed by atoms with Gasteiger partial charge in [-0.25, -0.2) is 0 Å². The van der Waals surface area contributed by atoms with Crippen LogP contribution in [0, 0.1) is 11.8 Å². The average molecular weight is 213 g/mol. The molecular formula is C11H23N3O. The van der Waals surface area contributed by atoms with Crippen molar-refractivity contribution < 1.29 is 4.84 Å². The Kier molecular flexibility index (Phi) is 3.61. The van der Waals surface area contributed by atoms with Crippen LogP contribution < -0.4 is 10.8 Å². The molecule has 2 atom stereocenters. The van der Waals surface area contributed by atoms with Gasteiger partial charge in [-0.05, 0) is 44.8 Å². The van der Waals surface area contributed by atoms with Gasteiger partial charge in [-0.3, -0.25) is 10.2 Å². The number of hydrogen-bond acceptors (Lipinski definition) is 4. The molecule has 0 aromatic heterocycles. The lowest BCUT2D eigenvalue weighted by Gasteiger charge is -2.32. The predicted octanol–water partition coefficient (Wildman–Crippen LogP) is 0.761. The van der Waals surface area contributed by atoms with Crippen LogP contribution in [0.4, 0.5) is 0 Å². The first kappa shape index (κ1) is 11.3. The summed E-state index contributed by atoms with van der Waals surface area (Å²) in [5.41, 5.74) is 3.14. The van der Waals surface area contributed by atoms with Crippen molar-refractivity contribution in [2.45, 2.75) is 39.1 Å². The maximum Gasteiger partial charge on any atom is 0.133 e. The Morgan fingerprint density at radius 3 is 2.47 bits per heavy atom. The second-order valence-corrected chi connectivity index (χ2v) is 5.19. The van der Waals surface area contributed by atoms with E-state index in [0.717, 1.165) is 0 Å². The molecule has 0 spiro atoms. The minimum Gasteiger partial charge on any atom is -0.306 e. The van der Waals surface area contributed by atoms with Crippen molar-refractivity contribution in [2.75, 3.05) is 20.1 Å². The zero-order chi connectivity index (χ0) is 10.8. The number of rotatable bonds is 2. The Morgan fingerprint density at radius 2 is 1.93 bits per heavy atom. The molecule has 0 saturated carbocycles. The van der Waals surface area contributed by atoms with Gasteiger partial charge in [0.25, 0.3) is 0 Å². The molecule has 2 fully saturated rings. The van der Waals surface area contributed by atoms with Crippen LogP contribution in [-0.4, -0.2) is 37.4 Å². The van der Waals surface area contributed by atoms with E-state index in [2.05, 4.69) is 36.6 Å². The summed E-state index contributed by atoms with van der Waals surface area (Å²) in [6.45, 7) is 6.76. The molecule has 0 radical (unpaired) electrons. The highest BCUT2D eigenvalue weighted by Gasteiger charge is 2.33. The van der Waals surface area contributed by atoms with Crippen LogP contribution in [0.1, 0.15) is 26.7 Å². The third kappa shape index (κ3) is 2.69. The Bertz CT molecular complexity index is 202. The van der Waals surface area contributed by atoms with Crippen molar-refractivity contribution in [1.29, 1.82) is 0 Å². The smallest absolute Gasteiger partial charge is 0.133 e. The summed E-state index contributed by atoms with van der Waals surface area (Å²) in [5, 5.41) is 3.52. The van der Waals surface area contributed by atoms with Gasteiger partial charge in [-0.1, -0.05) is 13.8 Å². The summed E-state index contributed by atoms with van der Waals surface area (Å²) in [4.78, 5) is 7.93. The lowest BCUT2D eigenvalue weighted by atomic mass is 9.94. The fourth-order valence-electron chi connectivity index (χ4n) is 2.31. The van der Waals surface area contributed by atoms with Crippen molar-refractivity contribution in [3.63, 3.8) is 0 Å². The quantitative estimate of drug-likeness (QED) is 0.710. The van der Waals surface area contributed by atoms with Crippen molar-refractivity contribution >= 4 is 0 Å². The second kappa shape index (κ2) is 4.78. The van der Waals surface area contributed by atoms with Crippen LogP contribution in [0.5, 0.6) is 0 Å². The van der Waals surface area contributed by atoms with Crippen LogP contribution in [-0.2, 0) is 4.84 Å². The number of likely N-dealkylation sites (tertiary alicyclic amines) is 1. The molecule has 4 heteroatoms. The van der Waals surface area contributed by atoms with Crippen LogP contribution in [0.2, 0.25) is 0 Å². The fourth-order valence-corrected chi connectivity index (χ4v) is 2.31. The van der Waals surface area contributed by atoms with E-state index in [1.54, 1.807) is 0 Å². The zero-order valence-electron chi connectivity index (χ0n) is 9.99. The lowest BCUT2D eigenvalue weighted by Crippen LogP contribution is -2.45. The Balaban J connectivity index is 1.80. The van der Waals surface area contributed by atoms with Crippen LogP contribution in [0.3, 0.4) is 0 Å². The third-order valence-corrected chi connectivity index (χ3v) is 3.51. The normalized spacial score (nSPS) is 35.2. The highest BCUT2D eigenvalue weighted by Crippen LogP contribution is 2.22. The highest BCUT2D eigenvalue weighted by atomic mass is 16.7. The largest absolute Gasteiger partial charge is 0.306 e. The zero-order valence-corrected chi connectivity index (χ0v) is 9.99. The van der Waals surface area contributed by atoms with E-state index in [9.17, 15) is 0 Å². The Labute approximate surface area is 92.3 Å². The molecule has 2 aliphatic heterocycles. The monoisotopic (exact) mass is 213 g/mol. The molecule has 15 heavy (non-hydrogen) atoms. The average Bonchev–Trinajstić information content (AvgIpc) is 2.68. The van der Waals surface area contributed by atoms with E-state index >= 15 is 0 Å². The number of nitrogens with one attached hydrogen (secondary N) is 2. The molecule has 2 saturated heterocycles. The molecule has 2 rings (SSSR count). The standard InChI is InChI=1S/C11H23N3O/c1-8(2)11-12-10(13-15-11)9-4-6-14(3)7-5-9/h8-13H,4-7H2,1-3H3. The molecule has 0 aliphatic carbocycles. The summed E-state index contributed by atoms with van der Waals surface area (Å²) in [7, 11) is 2.19. The molecule has 0 bridgehead atoms. The van der Waals surface area contributed by atoms with Crippen molar-refractivity contribution in [2.24, 2.45) is 11.8 Å². The molecule has 2 heterocycles. The highest BCUT2D eigenvalue weighted by molar-refractivity contribution is 4.82. The minimum atomic E-state index is 0.176. The van der Waals surface area contributed by atoms with E-state index in [1.807, 2.05) is 0 Å². The molecule has 0 amide bonds. The second-order valence-electron chi connectivity index (χ2n) is 5.19. The van der Waals surface area contributed by atoms with Gasteiger partial charge < -0.3 is 4.90 Å². The third-order valence-electron chi connectivity index (χ3n) is 3.51. The van der Waals surface area contributed by atoms with Gasteiger partial charge >= 0.3 is 0 Å². The Hall–Kier alpha value is -0.160.